The zero-order valence-electron chi connectivity index (χ0n) is 27.7. The molecule has 0 bridgehead atoms. The third kappa shape index (κ3) is 10.4. The van der Waals surface area contributed by atoms with E-state index in [4.69, 9.17) is 28.0 Å². The van der Waals surface area contributed by atoms with Crippen LogP contribution >= 0.6 is 7.60 Å². The number of hydrogen-bond donors (Lipinski definition) is 2. The fourth-order valence-corrected chi connectivity index (χ4v) is 7.33. The Hall–Kier alpha value is -3.70. The molecule has 1 aliphatic heterocycles. The number of aliphatic hydroxyl groups excluding tert-OH is 1. The second-order valence-electron chi connectivity index (χ2n) is 11.8. The normalized spacial score (nSPS) is 23.4. The summed E-state index contributed by atoms with van der Waals surface area (Å²) in [5, 5.41) is 14.3. The van der Waals surface area contributed by atoms with Crippen molar-refractivity contribution in [1.82, 2.24) is 5.32 Å². The standard InChI is InChI=1S/C38H44NO9P/c1-28(40)39-34-36(48-49(42,43-2)38(41)37(34)47-26-32-21-13-6-14-22-32)35(46-25-31-19-11-5-12-20-31)33(45-24-30-17-9-4-10-18-30)27-44-23-29-15-7-3-8-16-29/h3-22,33-38,41H,23-27H2,1-2H3,(H,39,40)/t33-,34-,35-,36+,37+,38-,49+/m0/s1. The highest BCUT2D eigenvalue weighted by Crippen LogP contribution is 2.58. The molecule has 7 atom stereocenters. The molecule has 0 spiro atoms. The van der Waals surface area contributed by atoms with E-state index in [9.17, 15) is 14.5 Å². The van der Waals surface area contributed by atoms with Crippen molar-refractivity contribution in [2.24, 2.45) is 0 Å². The van der Waals surface area contributed by atoms with Crippen molar-refractivity contribution in [2.75, 3.05) is 13.7 Å². The molecule has 11 heteroatoms. The predicted octanol–water partition coefficient (Wildman–Crippen LogP) is 6.02. The van der Waals surface area contributed by atoms with Crippen LogP contribution in [0, 0.1) is 0 Å². The lowest BCUT2D eigenvalue weighted by atomic mass is 9.95. The minimum absolute atomic E-state index is 0.0587. The second-order valence-corrected chi connectivity index (χ2v) is 14.0. The SMILES string of the molecule is CO[P@@]1(=O)O[C@@H]([C@@H](OCc2ccccc2)[C@H](COCc2ccccc2)OCc2ccccc2)[C@H](NC(C)=O)[C@@H](OCc2ccccc2)[C@H]1O. The number of nitrogens with one attached hydrogen (secondary N) is 1. The number of ether oxygens (including phenoxy) is 4. The van der Waals surface area contributed by atoms with E-state index in [-0.39, 0.29) is 26.4 Å². The third-order valence-electron chi connectivity index (χ3n) is 8.18. The van der Waals surface area contributed by atoms with Gasteiger partial charge in [-0.05, 0) is 22.3 Å². The van der Waals surface area contributed by atoms with Gasteiger partial charge in [-0.15, -0.1) is 0 Å². The van der Waals surface area contributed by atoms with Crippen LogP contribution in [0.5, 0.6) is 0 Å². The molecule has 1 aliphatic rings. The van der Waals surface area contributed by atoms with E-state index in [2.05, 4.69) is 5.32 Å². The minimum atomic E-state index is -4.24. The van der Waals surface area contributed by atoms with E-state index in [1.807, 2.05) is 121 Å². The molecule has 10 nitrogen and oxygen atoms in total. The number of carbonyl (C=O) groups is 1. The molecular weight excluding hydrogens is 645 g/mol. The molecule has 0 unspecified atom stereocenters. The Morgan fingerprint density at radius 2 is 1.22 bits per heavy atom. The van der Waals surface area contributed by atoms with E-state index < -0.39 is 49.8 Å². The van der Waals surface area contributed by atoms with Crippen LogP contribution in [-0.2, 0) is 63.8 Å². The lowest BCUT2D eigenvalue weighted by Gasteiger charge is -2.47. The summed E-state index contributed by atoms with van der Waals surface area (Å²) >= 11 is 0. The van der Waals surface area contributed by atoms with Gasteiger partial charge in [0, 0.05) is 14.0 Å². The molecule has 1 heterocycles. The van der Waals surface area contributed by atoms with Gasteiger partial charge in [0.05, 0.1) is 39.1 Å². The minimum Gasteiger partial charge on any atom is -0.378 e. The lowest BCUT2D eigenvalue weighted by molar-refractivity contribution is -0.179. The zero-order valence-corrected chi connectivity index (χ0v) is 28.6. The number of aliphatic hydroxyl groups is 1. The molecule has 1 fully saturated rings. The maximum Gasteiger partial charge on any atom is 0.361 e. The first kappa shape index (κ1) is 36.6. The zero-order chi connectivity index (χ0) is 34.5. The van der Waals surface area contributed by atoms with Gasteiger partial charge in [0.25, 0.3) is 0 Å². The van der Waals surface area contributed by atoms with E-state index in [1.54, 1.807) is 0 Å². The Morgan fingerprint density at radius 3 is 1.71 bits per heavy atom. The van der Waals surface area contributed by atoms with Crippen molar-refractivity contribution in [1.29, 1.82) is 0 Å². The van der Waals surface area contributed by atoms with E-state index in [1.165, 1.54) is 14.0 Å². The average Bonchev–Trinajstić information content (AvgIpc) is 3.13. The van der Waals surface area contributed by atoms with Crippen LogP contribution in [-0.4, -0.2) is 61.0 Å². The molecule has 1 saturated heterocycles. The summed E-state index contributed by atoms with van der Waals surface area (Å²) in [5.74, 6) is -2.11. The van der Waals surface area contributed by atoms with E-state index in [0.717, 1.165) is 22.3 Å². The Balaban J connectivity index is 1.51. The molecule has 0 saturated carbocycles. The molecule has 0 aromatic heterocycles. The molecule has 5 rings (SSSR count). The number of carbonyl (C=O) groups excluding carboxylic acids is 1. The van der Waals surface area contributed by atoms with Crippen molar-refractivity contribution in [2.45, 2.75) is 69.7 Å². The second kappa shape index (κ2) is 18.3. The summed E-state index contributed by atoms with van der Waals surface area (Å²) in [4.78, 5) is 12.7. The average molecular weight is 690 g/mol. The first-order valence-electron chi connectivity index (χ1n) is 16.2. The molecule has 260 valence electrons. The summed E-state index contributed by atoms with van der Waals surface area (Å²) in [5.41, 5.74) is 3.58. The predicted molar refractivity (Wildman–Crippen MR) is 184 cm³/mol. The van der Waals surface area contributed by atoms with Gasteiger partial charge in [-0.25, -0.2) is 0 Å². The van der Waals surface area contributed by atoms with Crippen LogP contribution in [0.15, 0.2) is 121 Å². The lowest BCUT2D eigenvalue weighted by Crippen LogP contribution is -2.64. The molecule has 4 aromatic rings. The van der Waals surface area contributed by atoms with Gasteiger partial charge in [0.15, 0.2) is 5.85 Å². The van der Waals surface area contributed by atoms with Crippen molar-refractivity contribution < 1.29 is 42.5 Å². The summed E-state index contributed by atoms with van der Waals surface area (Å²) < 4.78 is 51.4. The topological polar surface area (TPSA) is 122 Å². The van der Waals surface area contributed by atoms with Gasteiger partial charge in [-0.1, -0.05) is 121 Å². The van der Waals surface area contributed by atoms with Gasteiger partial charge in [0.2, 0.25) is 5.91 Å². The van der Waals surface area contributed by atoms with Crippen molar-refractivity contribution in [3.8, 4) is 0 Å². The van der Waals surface area contributed by atoms with Crippen LogP contribution in [0.3, 0.4) is 0 Å². The van der Waals surface area contributed by atoms with Crippen LogP contribution in [0.1, 0.15) is 29.2 Å². The summed E-state index contributed by atoms with van der Waals surface area (Å²) in [7, 11) is -3.03. The Labute approximate surface area is 287 Å². The summed E-state index contributed by atoms with van der Waals surface area (Å²) in [6, 6.07) is 37.3. The number of amides is 1. The Morgan fingerprint density at radius 1 is 0.755 bits per heavy atom. The van der Waals surface area contributed by atoms with E-state index in [0.29, 0.717) is 6.61 Å². The molecule has 1 amide bonds. The van der Waals surface area contributed by atoms with Crippen molar-refractivity contribution >= 4 is 13.5 Å². The fraction of sp³-hybridized carbons (Fsp3) is 0.342. The summed E-state index contributed by atoms with van der Waals surface area (Å²) in [6.45, 7) is 2.13. The van der Waals surface area contributed by atoms with Gasteiger partial charge >= 0.3 is 7.60 Å². The maximum absolute atomic E-state index is 14.2. The number of rotatable bonds is 17. The fourth-order valence-electron chi connectivity index (χ4n) is 5.68. The van der Waals surface area contributed by atoms with Crippen molar-refractivity contribution in [3.05, 3.63) is 144 Å². The van der Waals surface area contributed by atoms with E-state index >= 15 is 0 Å². The van der Waals surface area contributed by atoms with Gasteiger partial charge in [0.1, 0.15) is 24.4 Å². The first-order chi connectivity index (χ1) is 23.9. The molecule has 4 aromatic carbocycles. The molecule has 49 heavy (non-hydrogen) atoms. The highest BCUT2D eigenvalue weighted by atomic mass is 31.2. The third-order valence-corrected chi connectivity index (χ3v) is 10.2. The monoisotopic (exact) mass is 689 g/mol. The molecule has 0 radical (unpaired) electrons. The molecular formula is C38H44NO9P. The first-order valence-corrected chi connectivity index (χ1v) is 17.8. The Bertz CT molecular complexity index is 1600. The smallest absolute Gasteiger partial charge is 0.361 e. The van der Waals surface area contributed by atoms with Crippen LogP contribution in [0.25, 0.3) is 0 Å². The van der Waals surface area contributed by atoms with Crippen LogP contribution in [0.4, 0.5) is 0 Å². The largest absolute Gasteiger partial charge is 0.378 e. The summed E-state index contributed by atoms with van der Waals surface area (Å²) in [6.07, 6.45) is -4.15. The number of benzene rings is 4. The maximum atomic E-state index is 14.2. The van der Waals surface area contributed by atoms with Gasteiger partial charge < -0.3 is 33.9 Å². The van der Waals surface area contributed by atoms with Crippen LogP contribution in [0.2, 0.25) is 0 Å². The van der Waals surface area contributed by atoms with Gasteiger partial charge in [-0.2, -0.15) is 0 Å². The molecule has 2 N–H and O–H groups in total. The quantitative estimate of drug-likeness (QED) is 0.128. The van der Waals surface area contributed by atoms with Crippen LogP contribution < -0.4 is 5.32 Å². The highest BCUT2D eigenvalue weighted by Gasteiger charge is 2.57. The highest BCUT2D eigenvalue weighted by molar-refractivity contribution is 7.54. The number of hydrogen-bond acceptors (Lipinski definition) is 9. The van der Waals surface area contributed by atoms with Gasteiger partial charge in [-0.3, -0.25) is 13.9 Å². The van der Waals surface area contributed by atoms with Crippen molar-refractivity contribution in [3.63, 3.8) is 0 Å². The molecule has 0 aliphatic carbocycles. The Kier molecular flexibility index (Phi) is 13.7.